The van der Waals surface area contributed by atoms with Gasteiger partial charge in [-0.1, -0.05) is 17.8 Å². The Labute approximate surface area is 140 Å². The monoisotopic (exact) mass is 336 g/mol. The van der Waals surface area contributed by atoms with Gasteiger partial charge in [0.2, 0.25) is 0 Å². The van der Waals surface area contributed by atoms with Gasteiger partial charge in [-0.25, -0.2) is 0 Å². The van der Waals surface area contributed by atoms with E-state index in [9.17, 15) is 0 Å². The van der Waals surface area contributed by atoms with Crippen LogP contribution in [0.5, 0.6) is 28.7 Å². The molecule has 5 nitrogen and oxygen atoms in total. The maximum Gasteiger partial charge on any atom is 0.140 e. The van der Waals surface area contributed by atoms with E-state index in [-0.39, 0.29) is 0 Å². The van der Waals surface area contributed by atoms with E-state index in [2.05, 4.69) is 0 Å². The summed E-state index contributed by atoms with van der Waals surface area (Å²) < 4.78 is 27.1. The molecule has 0 heterocycles. The molecule has 0 fully saturated rings. The van der Waals surface area contributed by atoms with Crippen molar-refractivity contribution in [2.75, 3.05) is 35.5 Å². The van der Waals surface area contributed by atoms with E-state index < -0.39 is 0 Å². The maximum absolute atomic E-state index is 5.49. The molecule has 2 rings (SSSR count). The van der Waals surface area contributed by atoms with Crippen molar-refractivity contribution < 1.29 is 23.7 Å². The molecule has 0 saturated carbocycles. The first-order valence-electron chi connectivity index (χ1n) is 6.87. The van der Waals surface area contributed by atoms with Crippen LogP contribution in [0.25, 0.3) is 0 Å². The largest absolute Gasteiger partial charge is 0.496 e. The Morgan fingerprint density at radius 2 is 1.04 bits per heavy atom. The minimum absolute atomic E-state index is 0.652. The predicted molar refractivity (Wildman–Crippen MR) is 89.8 cm³/mol. The van der Waals surface area contributed by atoms with E-state index in [1.165, 1.54) is 11.8 Å². The highest BCUT2D eigenvalue weighted by Crippen LogP contribution is 2.49. The van der Waals surface area contributed by atoms with Crippen molar-refractivity contribution in [2.24, 2.45) is 0 Å². The zero-order valence-electron chi connectivity index (χ0n) is 13.8. The van der Waals surface area contributed by atoms with E-state index in [4.69, 9.17) is 23.7 Å². The summed E-state index contributed by atoms with van der Waals surface area (Å²) >= 11 is 1.46. The summed E-state index contributed by atoms with van der Waals surface area (Å²) in [4.78, 5) is 1.66. The lowest BCUT2D eigenvalue weighted by atomic mass is 10.3. The fourth-order valence-electron chi connectivity index (χ4n) is 2.09. The summed E-state index contributed by atoms with van der Waals surface area (Å²) in [6, 6.07) is 9.27. The van der Waals surface area contributed by atoms with Crippen LogP contribution in [-0.4, -0.2) is 35.5 Å². The topological polar surface area (TPSA) is 46.2 Å². The Morgan fingerprint density at radius 1 is 0.609 bits per heavy atom. The number of benzene rings is 2. The van der Waals surface area contributed by atoms with Crippen LogP contribution in [0.1, 0.15) is 0 Å². The number of hydrogen-bond acceptors (Lipinski definition) is 6. The third kappa shape index (κ3) is 3.59. The van der Waals surface area contributed by atoms with E-state index in [0.29, 0.717) is 28.7 Å². The van der Waals surface area contributed by atoms with Crippen LogP contribution in [0.3, 0.4) is 0 Å². The summed E-state index contributed by atoms with van der Waals surface area (Å²) in [5.74, 6) is 3.40. The van der Waals surface area contributed by atoms with Crippen LogP contribution in [0.15, 0.2) is 40.1 Å². The third-order valence-electron chi connectivity index (χ3n) is 3.26. The average Bonchev–Trinajstić information content (AvgIpc) is 2.61. The van der Waals surface area contributed by atoms with Gasteiger partial charge in [-0.3, -0.25) is 0 Å². The molecule has 0 aromatic heterocycles. The SMILES string of the molecule is COc1cc(OC)c(Sc2c(OC)cccc2OC)c(OC)c1. The molecule has 0 aliphatic rings. The molecule has 0 bridgehead atoms. The molecule has 0 atom stereocenters. The van der Waals surface area contributed by atoms with Gasteiger partial charge in [0.15, 0.2) is 0 Å². The lowest BCUT2D eigenvalue weighted by Crippen LogP contribution is -1.96. The van der Waals surface area contributed by atoms with Crippen molar-refractivity contribution in [3.8, 4) is 28.7 Å². The van der Waals surface area contributed by atoms with Gasteiger partial charge in [0.1, 0.15) is 28.7 Å². The molecule has 2 aromatic carbocycles. The Morgan fingerprint density at radius 3 is 1.43 bits per heavy atom. The van der Waals surface area contributed by atoms with Crippen LogP contribution < -0.4 is 23.7 Å². The molecule has 2 aromatic rings. The van der Waals surface area contributed by atoms with Gasteiger partial charge in [-0.2, -0.15) is 0 Å². The van der Waals surface area contributed by atoms with Crippen molar-refractivity contribution in [3.63, 3.8) is 0 Å². The van der Waals surface area contributed by atoms with Crippen molar-refractivity contribution in [2.45, 2.75) is 9.79 Å². The van der Waals surface area contributed by atoms with Gasteiger partial charge in [0.25, 0.3) is 0 Å². The highest BCUT2D eigenvalue weighted by Gasteiger charge is 2.19. The number of rotatable bonds is 7. The van der Waals surface area contributed by atoms with Gasteiger partial charge in [0, 0.05) is 12.1 Å². The predicted octanol–water partition coefficient (Wildman–Crippen LogP) is 3.88. The molecule has 6 heteroatoms. The van der Waals surface area contributed by atoms with Crippen molar-refractivity contribution in [3.05, 3.63) is 30.3 Å². The van der Waals surface area contributed by atoms with E-state index >= 15 is 0 Å². The van der Waals surface area contributed by atoms with Crippen LogP contribution >= 0.6 is 11.8 Å². The van der Waals surface area contributed by atoms with Gasteiger partial charge in [0.05, 0.1) is 45.3 Å². The standard InChI is InChI=1S/C17H20O5S/c1-18-11-9-14(21-4)17(15(10-11)22-5)23-16-12(19-2)7-6-8-13(16)20-3/h6-10H,1-5H3. The van der Waals surface area contributed by atoms with Gasteiger partial charge >= 0.3 is 0 Å². The van der Waals surface area contributed by atoms with Gasteiger partial charge in [-0.15, -0.1) is 0 Å². The second-order valence-electron chi connectivity index (χ2n) is 4.45. The second-order valence-corrected chi connectivity index (χ2v) is 5.48. The Hall–Kier alpha value is -2.21. The highest BCUT2D eigenvalue weighted by atomic mass is 32.2. The van der Waals surface area contributed by atoms with Gasteiger partial charge in [-0.05, 0) is 12.1 Å². The Balaban J connectivity index is 2.56. The molecular formula is C17H20O5S. The molecular weight excluding hydrogens is 316 g/mol. The minimum atomic E-state index is 0.652. The van der Waals surface area contributed by atoms with Crippen molar-refractivity contribution >= 4 is 11.8 Å². The third-order valence-corrected chi connectivity index (χ3v) is 4.47. The van der Waals surface area contributed by atoms with Crippen LogP contribution in [0, 0.1) is 0 Å². The van der Waals surface area contributed by atoms with E-state index in [0.717, 1.165) is 9.79 Å². The zero-order chi connectivity index (χ0) is 16.8. The minimum Gasteiger partial charge on any atom is -0.496 e. The molecule has 0 saturated heterocycles. The van der Waals surface area contributed by atoms with Crippen LogP contribution in [0.4, 0.5) is 0 Å². The second kappa shape index (κ2) is 7.87. The molecule has 0 unspecified atom stereocenters. The number of methoxy groups -OCH3 is 5. The van der Waals surface area contributed by atoms with Crippen molar-refractivity contribution in [1.82, 2.24) is 0 Å². The fourth-order valence-corrected chi connectivity index (χ4v) is 3.29. The van der Waals surface area contributed by atoms with Crippen LogP contribution in [0.2, 0.25) is 0 Å². The molecule has 0 aliphatic heterocycles. The first kappa shape index (κ1) is 17.1. The first-order valence-corrected chi connectivity index (χ1v) is 7.69. The molecule has 23 heavy (non-hydrogen) atoms. The first-order chi connectivity index (χ1) is 11.2. The summed E-state index contributed by atoms with van der Waals surface area (Å²) in [5, 5.41) is 0. The Kier molecular flexibility index (Phi) is 5.87. The van der Waals surface area contributed by atoms with Crippen molar-refractivity contribution in [1.29, 1.82) is 0 Å². The zero-order valence-corrected chi connectivity index (χ0v) is 14.7. The molecule has 0 N–H and O–H groups in total. The van der Waals surface area contributed by atoms with Crippen LogP contribution in [-0.2, 0) is 0 Å². The lowest BCUT2D eigenvalue weighted by molar-refractivity contribution is 0.361. The summed E-state index contributed by atoms with van der Waals surface area (Å²) in [6.07, 6.45) is 0. The summed E-state index contributed by atoms with van der Waals surface area (Å²) in [5.41, 5.74) is 0. The molecule has 0 aliphatic carbocycles. The lowest BCUT2D eigenvalue weighted by Gasteiger charge is -2.17. The average molecular weight is 336 g/mol. The molecule has 0 radical (unpaired) electrons. The highest BCUT2D eigenvalue weighted by molar-refractivity contribution is 7.99. The molecule has 124 valence electrons. The quantitative estimate of drug-likeness (QED) is 0.765. The number of ether oxygens (including phenoxy) is 5. The Bertz CT molecular complexity index is 625. The number of hydrogen-bond donors (Lipinski definition) is 0. The van der Waals surface area contributed by atoms with Gasteiger partial charge < -0.3 is 23.7 Å². The van der Waals surface area contributed by atoms with E-state index in [1.54, 1.807) is 35.5 Å². The normalized spacial score (nSPS) is 10.1. The summed E-state index contributed by atoms with van der Waals surface area (Å²) in [7, 11) is 8.07. The smallest absolute Gasteiger partial charge is 0.140 e. The maximum atomic E-state index is 5.49. The fraction of sp³-hybridized carbons (Fsp3) is 0.294. The van der Waals surface area contributed by atoms with E-state index in [1.807, 2.05) is 30.3 Å². The summed E-state index contributed by atoms with van der Waals surface area (Å²) in [6.45, 7) is 0. The molecule has 0 spiro atoms. The molecule has 0 amide bonds.